The Bertz CT molecular complexity index is 101. The van der Waals surface area contributed by atoms with Crippen LogP contribution in [0, 0.1) is 0 Å². The highest BCUT2D eigenvalue weighted by Crippen LogP contribution is 1.82. The van der Waals surface area contributed by atoms with E-state index in [4.69, 9.17) is 11.5 Å². The van der Waals surface area contributed by atoms with Gasteiger partial charge >= 0.3 is 0 Å². The molecule has 0 aromatic rings. The molecule has 0 aromatic carbocycles. The van der Waals surface area contributed by atoms with E-state index < -0.39 is 11.8 Å². The summed E-state index contributed by atoms with van der Waals surface area (Å²) in [6.07, 6.45) is 0.102. The molecule has 0 unspecified atom stereocenters. The summed E-state index contributed by atoms with van der Waals surface area (Å²) in [4.78, 5) is 19.8. The van der Waals surface area contributed by atoms with Gasteiger partial charge in [-0.15, -0.1) is 24.0 Å². The summed E-state index contributed by atoms with van der Waals surface area (Å²) in [5, 5.41) is 0. The fourth-order valence-electron chi connectivity index (χ4n) is 0.246. The first-order valence-corrected chi connectivity index (χ1v) is 2.19. The Morgan fingerprint density at radius 2 is 1.22 bits per heavy atom. The van der Waals surface area contributed by atoms with E-state index in [1.54, 1.807) is 0 Å². The van der Waals surface area contributed by atoms with Crippen LogP contribution in [0.15, 0.2) is 0 Å². The zero-order chi connectivity index (χ0) is 6.57. The van der Waals surface area contributed by atoms with Gasteiger partial charge in [0, 0.05) is 12.8 Å². The van der Waals surface area contributed by atoms with Crippen LogP contribution in [0.2, 0.25) is 0 Å². The number of hydrogen-bond donors (Lipinski definition) is 2. The molecule has 0 bridgehead atoms. The number of carbonyl (C=O) groups is 2. The van der Waals surface area contributed by atoms with Crippen LogP contribution in [0.4, 0.5) is 0 Å². The van der Waals surface area contributed by atoms with Crippen molar-refractivity contribution in [2.75, 3.05) is 0 Å². The predicted molar refractivity (Wildman–Crippen MR) is 43.0 cm³/mol. The van der Waals surface area contributed by atoms with Gasteiger partial charge in [-0.2, -0.15) is 0 Å². The van der Waals surface area contributed by atoms with Crippen molar-refractivity contribution in [1.29, 1.82) is 0 Å². The fourth-order valence-corrected chi connectivity index (χ4v) is 0.246. The van der Waals surface area contributed by atoms with Crippen LogP contribution in [0.1, 0.15) is 12.8 Å². The van der Waals surface area contributed by atoms with E-state index in [0.29, 0.717) is 0 Å². The highest BCUT2D eigenvalue weighted by Gasteiger charge is 1.96. The predicted octanol–water partition coefficient (Wildman–Crippen LogP) is -0.645. The van der Waals surface area contributed by atoms with Crippen molar-refractivity contribution in [3.63, 3.8) is 0 Å². The molecule has 54 valence electrons. The maximum absolute atomic E-state index is 9.92. The lowest BCUT2D eigenvalue weighted by Gasteiger charge is -1.87. The molecule has 5 heteroatoms. The van der Waals surface area contributed by atoms with Crippen molar-refractivity contribution in [2.45, 2.75) is 12.8 Å². The van der Waals surface area contributed by atoms with E-state index in [1.165, 1.54) is 0 Å². The van der Waals surface area contributed by atoms with Crippen LogP contribution in [0.5, 0.6) is 0 Å². The third-order valence-electron chi connectivity index (χ3n) is 0.618. The summed E-state index contributed by atoms with van der Waals surface area (Å²) in [5.41, 5.74) is 9.39. The van der Waals surface area contributed by atoms with Gasteiger partial charge in [0.25, 0.3) is 0 Å². The molecule has 0 fully saturated rings. The number of rotatable bonds is 3. The zero-order valence-electron chi connectivity index (χ0n) is 4.79. The molecule has 2 amide bonds. The van der Waals surface area contributed by atoms with Crippen molar-refractivity contribution in [2.24, 2.45) is 11.5 Å². The van der Waals surface area contributed by atoms with Gasteiger partial charge in [-0.3, -0.25) is 9.59 Å². The second kappa shape index (κ2) is 5.80. The molecule has 0 saturated carbocycles. The van der Waals surface area contributed by atoms with Gasteiger partial charge in [0.2, 0.25) is 11.8 Å². The van der Waals surface area contributed by atoms with Crippen molar-refractivity contribution in [1.82, 2.24) is 0 Å². The minimum atomic E-state index is -0.496. The first kappa shape index (κ1) is 11.5. The van der Waals surface area contributed by atoms with Gasteiger partial charge in [0.15, 0.2) is 0 Å². The normalized spacial score (nSPS) is 7.56. The Morgan fingerprint density at radius 3 is 1.33 bits per heavy atom. The minimum absolute atomic E-state index is 0. The van der Waals surface area contributed by atoms with E-state index in [2.05, 4.69) is 0 Å². The van der Waals surface area contributed by atoms with Gasteiger partial charge < -0.3 is 11.5 Å². The van der Waals surface area contributed by atoms with Crippen molar-refractivity contribution >= 4 is 35.8 Å². The second-order valence-electron chi connectivity index (χ2n) is 1.43. The highest BCUT2D eigenvalue weighted by atomic mass is 127. The van der Waals surface area contributed by atoms with E-state index in [-0.39, 0.29) is 36.8 Å². The van der Waals surface area contributed by atoms with Crippen molar-refractivity contribution in [3.05, 3.63) is 0 Å². The molecular formula is C4H9IN2O2. The van der Waals surface area contributed by atoms with Gasteiger partial charge in [0.05, 0.1) is 0 Å². The monoisotopic (exact) mass is 244 g/mol. The Kier molecular flexibility index (Phi) is 7.39. The molecular weight excluding hydrogens is 235 g/mol. The lowest BCUT2D eigenvalue weighted by atomic mass is 10.3. The number of hydrogen-bond acceptors (Lipinski definition) is 2. The fraction of sp³-hybridized carbons (Fsp3) is 0.500. The summed E-state index contributed by atoms with van der Waals surface area (Å²) in [6.45, 7) is 0. The van der Waals surface area contributed by atoms with Crippen LogP contribution in [0.3, 0.4) is 0 Å². The van der Waals surface area contributed by atoms with Crippen molar-refractivity contribution in [3.8, 4) is 0 Å². The first-order valence-electron chi connectivity index (χ1n) is 2.19. The van der Waals surface area contributed by atoms with E-state index >= 15 is 0 Å². The molecule has 4 N–H and O–H groups in total. The molecule has 0 rings (SSSR count). The first-order chi connectivity index (χ1) is 3.63. The van der Waals surface area contributed by atoms with E-state index in [1.807, 2.05) is 0 Å². The summed E-state index contributed by atoms with van der Waals surface area (Å²) in [7, 11) is 0. The van der Waals surface area contributed by atoms with Crippen LogP contribution in [0.25, 0.3) is 0 Å². The van der Waals surface area contributed by atoms with Gasteiger partial charge in [0.1, 0.15) is 0 Å². The Balaban J connectivity index is 0. The third kappa shape index (κ3) is 11.3. The SMILES string of the molecule is I.NC(=O)CCC(N)=O. The topological polar surface area (TPSA) is 86.2 Å². The summed E-state index contributed by atoms with van der Waals surface area (Å²) < 4.78 is 0. The van der Waals surface area contributed by atoms with Crippen LogP contribution < -0.4 is 11.5 Å². The smallest absolute Gasteiger partial charge is 0.217 e. The van der Waals surface area contributed by atoms with Crippen LogP contribution >= 0.6 is 24.0 Å². The summed E-state index contributed by atoms with van der Waals surface area (Å²) >= 11 is 0. The molecule has 0 saturated heterocycles. The van der Waals surface area contributed by atoms with Crippen LogP contribution in [-0.4, -0.2) is 11.8 Å². The number of amides is 2. The average Bonchev–Trinajstić information content (AvgIpc) is 1.61. The maximum Gasteiger partial charge on any atom is 0.217 e. The van der Waals surface area contributed by atoms with Crippen molar-refractivity contribution < 1.29 is 9.59 Å². The molecule has 0 aliphatic heterocycles. The Labute approximate surface area is 70.0 Å². The molecule has 0 heterocycles. The molecule has 0 spiro atoms. The highest BCUT2D eigenvalue weighted by molar-refractivity contribution is 14.0. The van der Waals surface area contributed by atoms with Crippen LogP contribution in [-0.2, 0) is 9.59 Å². The van der Waals surface area contributed by atoms with Gasteiger partial charge in [-0.05, 0) is 0 Å². The van der Waals surface area contributed by atoms with E-state index in [9.17, 15) is 9.59 Å². The molecule has 4 nitrogen and oxygen atoms in total. The molecule has 0 aliphatic carbocycles. The molecule has 0 aliphatic rings. The molecule has 0 aromatic heterocycles. The molecule has 9 heavy (non-hydrogen) atoms. The number of carbonyl (C=O) groups excluding carboxylic acids is 2. The standard InChI is InChI=1S/C4H8N2O2.HI/c5-3(7)1-2-4(6)8;/h1-2H2,(H2,5,7)(H2,6,8);1H. The van der Waals surface area contributed by atoms with E-state index in [0.717, 1.165) is 0 Å². The Hall–Kier alpha value is -0.330. The quantitative estimate of drug-likeness (QED) is 0.646. The average molecular weight is 244 g/mol. The number of primary amides is 2. The minimum Gasteiger partial charge on any atom is -0.370 e. The zero-order valence-corrected chi connectivity index (χ0v) is 7.12. The number of halogens is 1. The third-order valence-corrected chi connectivity index (χ3v) is 0.618. The molecule has 0 atom stereocenters. The summed E-state index contributed by atoms with van der Waals surface area (Å²) in [5.74, 6) is -0.993. The Morgan fingerprint density at radius 1 is 1.00 bits per heavy atom. The maximum atomic E-state index is 9.92. The van der Waals surface area contributed by atoms with Gasteiger partial charge in [-0.1, -0.05) is 0 Å². The number of nitrogens with two attached hydrogens (primary N) is 2. The molecule has 0 radical (unpaired) electrons. The second-order valence-corrected chi connectivity index (χ2v) is 1.43. The lowest BCUT2D eigenvalue weighted by Crippen LogP contribution is -2.16. The largest absolute Gasteiger partial charge is 0.370 e. The lowest BCUT2D eigenvalue weighted by molar-refractivity contribution is -0.123. The van der Waals surface area contributed by atoms with Gasteiger partial charge in [-0.25, -0.2) is 0 Å². The summed E-state index contributed by atoms with van der Waals surface area (Å²) in [6, 6.07) is 0.